The predicted molar refractivity (Wildman–Crippen MR) is 84.2 cm³/mol. The average molecular weight is 290 g/mol. The Kier molecular flexibility index (Phi) is 3.72. The van der Waals surface area contributed by atoms with Gasteiger partial charge in [0.05, 0.1) is 6.04 Å². The minimum absolute atomic E-state index is 0.350. The van der Waals surface area contributed by atoms with Crippen LogP contribution in [-0.4, -0.2) is 5.25 Å². The van der Waals surface area contributed by atoms with Gasteiger partial charge in [0.1, 0.15) is 0 Å². The predicted octanol–water partition coefficient (Wildman–Crippen LogP) is 5.38. The zero-order valence-electron chi connectivity index (χ0n) is 10.8. The lowest BCUT2D eigenvalue weighted by atomic mass is 10.0. The van der Waals surface area contributed by atoms with Crippen molar-refractivity contribution in [3.05, 3.63) is 59.1 Å². The molecule has 1 nitrogen and oxygen atoms in total. The topological polar surface area (TPSA) is 12.0 Å². The Morgan fingerprint density at radius 3 is 2.63 bits per heavy atom. The van der Waals surface area contributed by atoms with Gasteiger partial charge in [-0.05, 0) is 36.2 Å². The van der Waals surface area contributed by atoms with E-state index in [0.29, 0.717) is 11.3 Å². The van der Waals surface area contributed by atoms with Gasteiger partial charge in [0.2, 0.25) is 0 Å². The number of benzene rings is 2. The van der Waals surface area contributed by atoms with Crippen LogP contribution in [0.15, 0.2) is 53.4 Å². The summed E-state index contributed by atoms with van der Waals surface area (Å²) in [5, 5.41) is 5.05. The third-order valence-corrected chi connectivity index (χ3v) is 4.84. The number of rotatable bonds is 1. The molecular formula is C16H16ClNS. The summed E-state index contributed by atoms with van der Waals surface area (Å²) in [7, 11) is 0. The number of hydrogen-bond donors (Lipinski definition) is 1. The molecule has 1 aliphatic heterocycles. The van der Waals surface area contributed by atoms with Gasteiger partial charge in [-0.15, -0.1) is 11.8 Å². The highest BCUT2D eigenvalue weighted by molar-refractivity contribution is 8.00. The van der Waals surface area contributed by atoms with Gasteiger partial charge in [-0.1, -0.05) is 42.8 Å². The third-order valence-electron chi connectivity index (χ3n) is 3.38. The standard InChI is InChI=1S/C16H16ClNS/c1-11-10-15(12-6-8-13(17)9-7-12)18-14-4-2-3-5-16(14)19-11/h2-9,11,15,18H,10H2,1H3/t11-,15-/m1/s1. The molecule has 0 saturated carbocycles. The van der Waals surface area contributed by atoms with E-state index in [0.717, 1.165) is 11.4 Å². The largest absolute Gasteiger partial charge is 0.377 e. The van der Waals surface area contributed by atoms with Crippen LogP contribution in [0, 0.1) is 0 Å². The summed E-state index contributed by atoms with van der Waals surface area (Å²) in [6, 6.07) is 17.0. The van der Waals surface area contributed by atoms with Crippen molar-refractivity contribution in [2.45, 2.75) is 29.5 Å². The normalized spacial score (nSPS) is 22.2. The number of hydrogen-bond acceptors (Lipinski definition) is 2. The van der Waals surface area contributed by atoms with Crippen LogP contribution in [-0.2, 0) is 0 Å². The first-order valence-corrected chi connectivity index (χ1v) is 7.76. The quantitative estimate of drug-likeness (QED) is 0.756. The fourth-order valence-electron chi connectivity index (χ4n) is 2.45. The van der Waals surface area contributed by atoms with Crippen molar-refractivity contribution in [3.8, 4) is 0 Å². The molecule has 0 aromatic heterocycles. The molecule has 98 valence electrons. The Labute approximate surface area is 123 Å². The Balaban J connectivity index is 1.93. The lowest BCUT2D eigenvalue weighted by Gasteiger charge is -2.19. The smallest absolute Gasteiger partial charge is 0.0524 e. The molecule has 1 N–H and O–H groups in total. The fourth-order valence-corrected chi connectivity index (χ4v) is 3.71. The van der Waals surface area contributed by atoms with Crippen molar-refractivity contribution in [2.24, 2.45) is 0 Å². The van der Waals surface area contributed by atoms with Crippen molar-refractivity contribution in [2.75, 3.05) is 5.32 Å². The second-order valence-corrected chi connectivity index (χ2v) is 6.83. The van der Waals surface area contributed by atoms with Gasteiger partial charge in [0.15, 0.2) is 0 Å². The first kappa shape index (κ1) is 12.9. The van der Waals surface area contributed by atoms with Crippen LogP contribution >= 0.6 is 23.4 Å². The van der Waals surface area contributed by atoms with E-state index in [2.05, 4.69) is 48.6 Å². The molecule has 3 rings (SSSR count). The van der Waals surface area contributed by atoms with E-state index in [9.17, 15) is 0 Å². The number of fused-ring (bicyclic) bond motifs is 1. The second-order valence-electron chi connectivity index (χ2n) is 4.91. The van der Waals surface area contributed by atoms with E-state index in [1.54, 1.807) is 0 Å². The molecule has 0 saturated heterocycles. The van der Waals surface area contributed by atoms with Gasteiger partial charge >= 0.3 is 0 Å². The van der Waals surface area contributed by atoms with Gasteiger partial charge in [-0.25, -0.2) is 0 Å². The van der Waals surface area contributed by atoms with Crippen LogP contribution in [0.5, 0.6) is 0 Å². The molecule has 2 aromatic carbocycles. The monoisotopic (exact) mass is 289 g/mol. The summed E-state index contributed by atoms with van der Waals surface area (Å²) in [5.41, 5.74) is 2.53. The molecule has 0 aliphatic carbocycles. The molecule has 0 fully saturated rings. The molecule has 1 aliphatic rings. The number of para-hydroxylation sites is 1. The second kappa shape index (κ2) is 5.48. The van der Waals surface area contributed by atoms with E-state index >= 15 is 0 Å². The number of thioether (sulfide) groups is 1. The highest BCUT2D eigenvalue weighted by Gasteiger charge is 2.21. The maximum Gasteiger partial charge on any atom is 0.0524 e. The lowest BCUT2D eigenvalue weighted by molar-refractivity contribution is 0.694. The first-order valence-electron chi connectivity index (χ1n) is 6.50. The summed E-state index contributed by atoms with van der Waals surface area (Å²) in [6.45, 7) is 2.29. The highest BCUT2D eigenvalue weighted by Crippen LogP contribution is 2.40. The van der Waals surface area contributed by atoms with Crippen LogP contribution in [0.3, 0.4) is 0 Å². The Bertz CT molecular complexity index is 567. The molecule has 0 radical (unpaired) electrons. The zero-order chi connectivity index (χ0) is 13.2. The Hall–Kier alpha value is -1.12. The van der Waals surface area contributed by atoms with Crippen LogP contribution in [0.4, 0.5) is 5.69 Å². The van der Waals surface area contributed by atoms with Crippen molar-refractivity contribution in [1.29, 1.82) is 0 Å². The molecule has 2 atom stereocenters. The van der Waals surface area contributed by atoms with Gasteiger partial charge in [-0.2, -0.15) is 0 Å². The van der Waals surface area contributed by atoms with Crippen LogP contribution in [0.25, 0.3) is 0 Å². The highest BCUT2D eigenvalue weighted by atomic mass is 35.5. The molecule has 0 unspecified atom stereocenters. The molecule has 1 heterocycles. The van der Waals surface area contributed by atoms with Crippen LogP contribution in [0.1, 0.15) is 24.9 Å². The molecular weight excluding hydrogens is 274 g/mol. The number of anilines is 1. The summed E-state index contributed by atoms with van der Waals surface area (Å²) in [5.74, 6) is 0. The van der Waals surface area contributed by atoms with E-state index in [-0.39, 0.29) is 0 Å². The first-order chi connectivity index (χ1) is 9.22. The van der Waals surface area contributed by atoms with Crippen molar-refractivity contribution in [1.82, 2.24) is 0 Å². The van der Waals surface area contributed by atoms with Gasteiger partial charge in [-0.3, -0.25) is 0 Å². The van der Waals surface area contributed by atoms with E-state index in [1.807, 2.05) is 23.9 Å². The third kappa shape index (κ3) is 2.90. The Morgan fingerprint density at radius 2 is 1.84 bits per heavy atom. The van der Waals surface area contributed by atoms with Gasteiger partial charge in [0, 0.05) is 20.9 Å². The van der Waals surface area contributed by atoms with Crippen LogP contribution in [0.2, 0.25) is 5.02 Å². The molecule has 19 heavy (non-hydrogen) atoms. The fraction of sp³-hybridized carbons (Fsp3) is 0.250. The van der Waals surface area contributed by atoms with Crippen molar-refractivity contribution < 1.29 is 0 Å². The van der Waals surface area contributed by atoms with Crippen molar-refractivity contribution >= 4 is 29.1 Å². The zero-order valence-corrected chi connectivity index (χ0v) is 12.3. The number of halogens is 1. The molecule has 0 bridgehead atoms. The van der Waals surface area contributed by atoms with E-state index < -0.39 is 0 Å². The molecule has 3 heteroatoms. The minimum atomic E-state index is 0.350. The van der Waals surface area contributed by atoms with Gasteiger partial charge < -0.3 is 5.32 Å². The summed E-state index contributed by atoms with van der Waals surface area (Å²) in [6.07, 6.45) is 1.11. The van der Waals surface area contributed by atoms with Gasteiger partial charge in [0.25, 0.3) is 0 Å². The average Bonchev–Trinajstić information content (AvgIpc) is 2.57. The lowest BCUT2D eigenvalue weighted by Crippen LogP contribution is -2.12. The van der Waals surface area contributed by atoms with E-state index in [4.69, 9.17) is 11.6 Å². The molecule has 0 spiro atoms. The van der Waals surface area contributed by atoms with Crippen LogP contribution < -0.4 is 5.32 Å². The maximum atomic E-state index is 5.97. The summed E-state index contributed by atoms with van der Waals surface area (Å²) in [4.78, 5) is 1.34. The summed E-state index contributed by atoms with van der Waals surface area (Å²) < 4.78 is 0. The summed E-state index contributed by atoms with van der Waals surface area (Å²) >= 11 is 7.91. The SMILES string of the molecule is C[C@@H]1C[C@H](c2ccc(Cl)cc2)Nc2ccccc2S1. The van der Waals surface area contributed by atoms with Crippen molar-refractivity contribution in [3.63, 3.8) is 0 Å². The maximum absolute atomic E-state index is 5.97. The van der Waals surface area contributed by atoms with E-state index in [1.165, 1.54) is 16.1 Å². The molecule has 2 aromatic rings. The number of nitrogens with one attached hydrogen (secondary N) is 1. The Morgan fingerprint density at radius 1 is 1.11 bits per heavy atom. The molecule has 0 amide bonds. The minimum Gasteiger partial charge on any atom is -0.377 e.